The van der Waals surface area contributed by atoms with Crippen LogP contribution in [0.25, 0.3) is 16.7 Å². The number of carbonyl (C=O) groups excluding carboxylic acids is 1. The van der Waals surface area contributed by atoms with E-state index < -0.39 is 17.5 Å². The van der Waals surface area contributed by atoms with E-state index in [1.54, 1.807) is 47.1 Å². The number of anilines is 1. The second kappa shape index (κ2) is 7.93. The van der Waals surface area contributed by atoms with Crippen LogP contribution in [0.1, 0.15) is 16.1 Å². The molecule has 0 bridgehead atoms. The van der Waals surface area contributed by atoms with Gasteiger partial charge >= 0.3 is 0 Å². The minimum absolute atomic E-state index is 0.00783. The van der Waals surface area contributed by atoms with Gasteiger partial charge in [-0.3, -0.25) is 10.1 Å². The maximum Gasteiger partial charge on any atom is 0.278 e. The van der Waals surface area contributed by atoms with Crippen molar-refractivity contribution in [3.05, 3.63) is 88.8 Å². The maximum atomic E-state index is 13.3. The molecule has 0 radical (unpaired) electrons. The molecule has 2 N–H and O–H groups in total. The molecule has 0 saturated heterocycles. The number of amides is 1. The van der Waals surface area contributed by atoms with Crippen LogP contribution in [0.5, 0.6) is 5.75 Å². The number of hydrogen-bond donors (Lipinski definition) is 2. The molecule has 3 aromatic heterocycles. The van der Waals surface area contributed by atoms with Crippen molar-refractivity contribution in [2.45, 2.75) is 6.61 Å². The summed E-state index contributed by atoms with van der Waals surface area (Å²) in [5.74, 6) is -1.07. The zero-order valence-electron chi connectivity index (χ0n) is 16.3. The normalized spacial score (nSPS) is 11.2. The lowest BCUT2D eigenvalue weighted by Gasteiger charge is -2.06. The quantitative estimate of drug-likeness (QED) is 0.393. The van der Waals surface area contributed by atoms with Crippen molar-refractivity contribution < 1.29 is 18.3 Å². The van der Waals surface area contributed by atoms with Gasteiger partial charge < -0.3 is 14.1 Å². The second-order valence-electron chi connectivity index (χ2n) is 7.02. The fourth-order valence-corrected chi connectivity index (χ4v) is 3.41. The average Bonchev–Trinajstić information content (AvgIpc) is 3.34. The minimum atomic E-state index is -0.666. The smallest absolute Gasteiger partial charge is 0.278 e. The molecule has 10 heteroatoms. The molecular weight excluding hydrogens is 440 g/mol. The number of rotatable bonds is 5. The van der Waals surface area contributed by atoms with E-state index in [1.165, 1.54) is 12.1 Å². The molecule has 0 spiro atoms. The fraction of sp³-hybridized carbons (Fsp3) is 0.0455. The lowest BCUT2D eigenvalue weighted by molar-refractivity contribution is 0.102. The van der Waals surface area contributed by atoms with Gasteiger partial charge in [0.2, 0.25) is 5.95 Å². The van der Waals surface area contributed by atoms with Crippen LogP contribution < -0.4 is 10.1 Å². The average molecular weight is 454 g/mol. The highest BCUT2D eigenvalue weighted by Gasteiger charge is 2.14. The summed E-state index contributed by atoms with van der Waals surface area (Å²) in [5, 5.41) is 3.20. The van der Waals surface area contributed by atoms with Gasteiger partial charge in [-0.2, -0.15) is 0 Å². The van der Waals surface area contributed by atoms with Crippen LogP contribution in [0.2, 0.25) is 5.02 Å². The number of fused-ring (bicyclic) bond motifs is 2. The monoisotopic (exact) mass is 453 g/mol. The van der Waals surface area contributed by atoms with Gasteiger partial charge in [0.25, 0.3) is 5.91 Å². The Hall–Kier alpha value is -3.98. The van der Waals surface area contributed by atoms with Crippen LogP contribution in [0.3, 0.4) is 0 Å². The summed E-state index contributed by atoms with van der Waals surface area (Å²) in [6, 6.07) is 11.7. The third-order valence-corrected chi connectivity index (χ3v) is 4.89. The van der Waals surface area contributed by atoms with Crippen LogP contribution in [-0.2, 0) is 6.61 Å². The molecule has 0 atom stereocenters. The molecule has 5 rings (SSSR count). The molecule has 7 nitrogen and oxygen atoms in total. The van der Waals surface area contributed by atoms with Crippen LogP contribution in [0, 0.1) is 11.6 Å². The summed E-state index contributed by atoms with van der Waals surface area (Å²) in [7, 11) is 0. The highest BCUT2D eigenvalue weighted by molar-refractivity contribution is 6.30. The zero-order chi connectivity index (χ0) is 22.2. The molecule has 5 aromatic rings. The molecule has 0 saturated carbocycles. The van der Waals surface area contributed by atoms with E-state index in [2.05, 4.69) is 20.3 Å². The van der Waals surface area contributed by atoms with E-state index in [0.717, 1.165) is 6.07 Å². The third kappa shape index (κ3) is 4.10. The molecule has 160 valence electrons. The van der Waals surface area contributed by atoms with Crippen molar-refractivity contribution in [2.75, 3.05) is 5.32 Å². The van der Waals surface area contributed by atoms with E-state index >= 15 is 0 Å². The lowest BCUT2D eigenvalue weighted by Crippen LogP contribution is -2.13. The number of imidazole rings is 2. The molecule has 1 amide bonds. The first kappa shape index (κ1) is 20.0. The first-order valence-corrected chi connectivity index (χ1v) is 9.84. The summed E-state index contributed by atoms with van der Waals surface area (Å²) < 4.78 is 33.9. The number of nitrogens with zero attached hydrogens (tertiary/aromatic N) is 3. The van der Waals surface area contributed by atoms with E-state index in [4.69, 9.17) is 16.3 Å². The Balaban J connectivity index is 1.31. The van der Waals surface area contributed by atoms with Gasteiger partial charge in [-0.1, -0.05) is 11.6 Å². The molecule has 3 heterocycles. The van der Waals surface area contributed by atoms with Crippen LogP contribution in [0.15, 0.2) is 60.9 Å². The van der Waals surface area contributed by atoms with Gasteiger partial charge in [0.1, 0.15) is 35.3 Å². The van der Waals surface area contributed by atoms with Gasteiger partial charge in [0, 0.05) is 24.5 Å². The Labute approximate surface area is 184 Å². The van der Waals surface area contributed by atoms with Crippen molar-refractivity contribution in [3.8, 4) is 5.75 Å². The molecule has 0 unspecified atom stereocenters. The number of H-pyrrole nitrogens is 1. The van der Waals surface area contributed by atoms with Gasteiger partial charge in [0.05, 0.1) is 16.1 Å². The highest BCUT2D eigenvalue weighted by atomic mass is 35.5. The first-order valence-electron chi connectivity index (χ1n) is 9.46. The van der Waals surface area contributed by atoms with Gasteiger partial charge in [0.15, 0.2) is 0 Å². The summed E-state index contributed by atoms with van der Waals surface area (Å²) in [4.78, 5) is 24.2. The second-order valence-corrected chi connectivity index (χ2v) is 7.46. The molecule has 32 heavy (non-hydrogen) atoms. The minimum Gasteiger partial charge on any atom is -0.489 e. The van der Waals surface area contributed by atoms with Crippen LogP contribution in [-0.4, -0.2) is 25.3 Å². The van der Waals surface area contributed by atoms with E-state index in [9.17, 15) is 13.6 Å². The largest absolute Gasteiger partial charge is 0.489 e. The summed E-state index contributed by atoms with van der Waals surface area (Å²) >= 11 is 5.96. The number of ether oxygens (including phenoxy) is 1. The Kier molecular flexibility index (Phi) is 4.95. The number of aromatic nitrogens is 4. The maximum absolute atomic E-state index is 13.3. The number of halogens is 3. The summed E-state index contributed by atoms with van der Waals surface area (Å²) in [6.07, 6.45) is 3.22. The number of hydrogen-bond acceptors (Lipinski definition) is 4. The van der Waals surface area contributed by atoms with E-state index in [0.29, 0.717) is 33.0 Å². The highest BCUT2D eigenvalue weighted by Crippen LogP contribution is 2.22. The van der Waals surface area contributed by atoms with Crippen LogP contribution >= 0.6 is 11.6 Å². The number of pyridine rings is 1. The number of nitrogens with one attached hydrogen (secondary N) is 2. The fourth-order valence-electron chi connectivity index (χ4n) is 3.24. The third-order valence-electron chi connectivity index (χ3n) is 4.66. The molecule has 0 aliphatic rings. The zero-order valence-corrected chi connectivity index (χ0v) is 17.0. The first-order chi connectivity index (χ1) is 15.4. The Bertz CT molecular complexity index is 1460. The SMILES string of the molecule is O=C(Nc1nc2cc(OCc3cc(F)cc(F)c3)ccc2[nH]1)c1cn2cc(Cl)ccc2n1. The number of carbonyl (C=O) groups is 1. The van der Waals surface area contributed by atoms with Crippen LogP contribution in [0.4, 0.5) is 14.7 Å². The predicted octanol–water partition coefficient (Wildman–Crippen LogP) is 4.97. The standard InChI is InChI=1S/C22H14ClF2N5O2/c23-13-1-4-20-26-19(10-30(20)9-13)21(31)29-22-27-17-3-2-16(8-18(17)28-22)32-11-12-5-14(24)7-15(25)6-12/h1-10H,11H2,(H2,27,28,29,31). The van der Waals surface area contributed by atoms with Crippen molar-refractivity contribution >= 4 is 40.1 Å². The number of benzene rings is 2. The van der Waals surface area contributed by atoms with E-state index in [-0.39, 0.29) is 18.2 Å². The van der Waals surface area contributed by atoms with Crippen molar-refractivity contribution in [2.24, 2.45) is 0 Å². The molecule has 0 aliphatic heterocycles. The Morgan fingerprint density at radius 1 is 1.06 bits per heavy atom. The molecule has 2 aromatic carbocycles. The van der Waals surface area contributed by atoms with Gasteiger partial charge in [-0.25, -0.2) is 18.7 Å². The van der Waals surface area contributed by atoms with E-state index in [1.807, 2.05) is 0 Å². The molecule has 0 aliphatic carbocycles. The van der Waals surface area contributed by atoms with Gasteiger partial charge in [-0.15, -0.1) is 0 Å². The summed E-state index contributed by atoms with van der Waals surface area (Å²) in [5.41, 5.74) is 2.38. The molecular formula is C22H14ClF2N5O2. The lowest BCUT2D eigenvalue weighted by atomic mass is 10.2. The predicted molar refractivity (Wildman–Crippen MR) is 115 cm³/mol. The van der Waals surface area contributed by atoms with Crippen molar-refractivity contribution in [3.63, 3.8) is 0 Å². The number of aromatic amines is 1. The molecule has 0 fully saturated rings. The topological polar surface area (TPSA) is 84.3 Å². The van der Waals surface area contributed by atoms with Gasteiger partial charge in [-0.05, 0) is 42.0 Å². The summed E-state index contributed by atoms with van der Waals surface area (Å²) in [6.45, 7) is -0.00783. The Morgan fingerprint density at radius 2 is 1.88 bits per heavy atom. The Morgan fingerprint density at radius 3 is 2.69 bits per heavy atom. The van der Waals surface area contributed by atoms with Crippen molar-refractivity contribution in [1.29, 1.82) is 0 Å². The van der Waals surface area contributed by atoms with Crippen molar-refractivity contribution in [1.82, 2.24) is 19.4 Å².